The van der Waals surface area contributed by atoms with Gasteiger partial charge in [-0.3, -0.25) is 4.79 Å². The van der Waals surface area contributed by atoms with Crippen LogP contribution in [0.15, 0.2) is 46.4 Å². The number of fused-ring (bicyclic) bond motifs is 1. The molecule has 0 fully saturated rings. The SMILES string of the molecule is N=N/C(=C\N)c1cc2ccccc2[nH]c1=O. The van der Waals surface area contributed by atoms with Crippen LogP contribution in [0.25, 0.3) is 16.6 Å². The van der Waals surface area contributed by atoms with Gasteiger partial charge in [0.05, 0.1) is 5.56 Å². The Kier molecular flexibility index (Phi) is 2.51. The van der Waals surface area contributed by atoms with Gasteiger partial charge in [0, 0.05) is 11.7 Å². The van der Waals surface area contributed by atoms with Crippen LogP contribution >= 0.6 is 0 Å². The quantitative estimate of drug-likeness (QED) is 0.665. The number of pyridine rings is 1. The van der Waals surface area contributed by atoms with Crippen molar-refractivity contribution in [3.8, 4) is 0 Å². The second-order valence-electron chi connectivity index (χ2n) is 3.26. The van der Waals surface area contributed by atoms with Crippen LogP contribution in [0.5, 0.6) is 0 Å². The number of para-hydroxylation sites is 1. The van der Waals surface area contributed by atoms with E-state index in [1.807, 2.05) is 24.3 Å². The summed E-state index contributed by atoms with van der Waals surface area (Å²) in [7, 11) is 0. The summed E-state index contributed by atoms with van der Waals surface area (Å²) in [6.45, 7) is 0. The second kappa shape index (κ2) is 3.98. The van der Waals surface area contributed by atoms with Crippen molar-refractivity contribution in [3.05, 3.63) is 52.4 Å². The number of H-pyrrole nitrogens is 1. The minimum atomic E-state index is -0.300. The molecule has 5 heteroatoms. The number of hydrogen-bond donors (Lipinski definition) is 3. The summed E-state index contributed by atoms with van der Waals surface area (Å²) in [5.74, 6) is 0. The predicted octanol–water partition coefficient (Wildman–Crippen LogP) is 1.82. The largest absolute Gasteiger partial charge is 0.403 e. The van der Waals surface area contributed by atoms with Gasteiger partial charge in [0.1, 0.15) is 5.70 Å². The van der Waals surface area contributed by atoms with Crippen molar-refractivity contribution in [1.82, 2.24) is 4.98 Å². The summed E-state index contributed by atoms with van der Waals surface area (Å²) in [6.07, 6.45) is 1.15. The number of aromatic amines is 1. The summed E-state index contributed by atoms with van der Waals surface area (Å²) in [5, 5.41) is 4.09. The predicted molar refractivity (Wildman–Crippen MR) is 61.9 cm³/mol. The Labute approximate surface area is 91.1 Å². The molecule has 0 unspecified atom stereocenters. The molecule has 80 valence electrons. The number of nitrogens with two attached hydrogens (primary N) is 1. The summed E-state index contributed by atoms with van der Waals surface area (Å²) >= 11 is 0. The van der Waals surface area contributed by atoms with Crippen LogP contribution in [-0.2, 0) is 0 Å². The third kappa shape index (κ3) is 1.58. The molecule has 0 amide bonds. The number of nitrogens with one attached hydrogen (secondary N) is 2. The lowest BCUT2D eigenvalue weighted by Gasteiger charge is -2.01. The van der Waals surface area contributed by atoms with Crippen molar-refractivity contribution in [2.75, 3.05) is 0 Å². The topological polar surface area (TPSA) is 95.1 Å². The lowest BCUT2D eigenvalue weighted by atomic mass is 10.1. The average Bonchev–Trinajstić information content (AvgIpc) is 2.31. The van der Waals surface area contributed by atoms with Crippen molar-refractivity contribution >= 4 is 16.6 Å². The molecule has 0 saturated heterocycles. The highest BCUT2D eigenvalue weighted by Gasteiger charge is 2.06. The Morgan fingerprint density at radius 1 is 1.44 bits per heavy atom. The fourth-order valence-electron chi connectivity index (χ4n) is 1.52. The van der Waals surface area contributed by atoms with E-state index in [2.05, 4.69) is 10.1 Å². The molecule has 0 bridgehead atoms. The van der Waals surface area contributed by atoms with Gasteiger partial charge in [-0.1, -0.05) is 18.2 Å². The van der Waals surface area contributed by atoms with Crippen molar-refractivity contribution in [1.29, 1.82) is 5.53 Å². The van der Waals surface area contributed by atoms with Gasteiger partial charge in [-0.05, 0) is 17.5 Å². The number of aromatic nitrogens is 1. The van der Waals surface area contributed by atoms with Crippen LogP contribution < -0.4 is 11.3 Å². The van der Waals surface area contributed by atoms with Gasteiger partial charge in [0.15, 0.2) is 0 Å². The third-order valence-corrected chi connectivity index (χ3v) is 2.31. The maximum absolute atomic E-state index is 11.7. The highest BCUT2D eigenvalue weighted by molar-refractivity contribution is 5.82. The van der Waals surface area contributed by atoms with Gasteiger partial charge >= 0.3 is 0 Å². The summed E-state index contributed by atoms with van der Waals surface area (Å²) in [4.78, 5) is 14.4. The van der Waals surface area contributed by atoms with Crippen LogP contribution in [0.3, 0.4) is 0 Å². The highest BCUT2D eigenvalue weighted by Crippen LogP contribution is 2.15. The van der Waals surface area contributed by atoms with E-state index < -0.39 is 0 Å². The molecule has 2 aromatic rings. The van der Waals surface area contributed by atoms with Gasteiger partial charge in [-0.25, -0.2) is 5.53 Å². The van der Waals surface area contributed by atoms with E-state index in [4.69, 9.17) is 11.3 Å². The molecule has 0 aliphatic heterocycles. The minimum absolute atomic E-state index is 0.159. The summed E-state index contributed by atoms with van der Waals surface area (Å²) in [6, 6.07) is 9.06. The molecule has 2 rings (SSSR count). The fraction of sp³-hybridized carbons (Fsp3) is 0. The Morgan fingerprint density at radius 3 is 2.88 bits per heavy atom. The average molecular weight is 214 g/mol. The Morgan fingerprint density at radius 2 is 2.19 bits per heavy atom. The molecule has 4 N–H and O–H groups in total. The molecule has 0 radical (unpaired) electrons. The summed E-state index contributed by atoms with van der Waals surface area (Å²) < 4.78 is 0. The molecule has 0 atom stereocenters. The van der Waals surface area contributed by atoms with Crippen molar-refractivity contribution < 1.29 is 0 Å². The van der Waals surface area contributed by atoms with E-state index in [1.165, 1.54) is 0 Å². The molecule has 16 heavy (non-hydrogen) atoms. The normalized spacial score (nSPS) is 11.6. The van der Waals surface area contributed by atoms with Gasteiger partial charge in [0.2, 0.25) is 0 Å². The molecule has 0 aliphatic rings. The van der Waals surface area contributed by atoms with Crippen molar-refractivity contribution in [3.63, 3.8) is 0 Å². The zero-order chi connectivity index (χ0) is 11.5. The van der Waals surface area contributed by atoms with Crippen molar-refractivity contribution in [2.24, 2.45) is 10.8 Å². The van der Waals surface area contributed by atoms with E-state index in [0.717, 1.165) is 17.1 Å². The minimum Gasteiger partial charge on any atom is -0.403 e. The van der Waals surface area contributed by atoms with Gasteiger partial charge in [-0.15, -0.1) is 0 Å². The smallest absolute Gasteiger partial charge is 0.258 e. The van der Waals surface area contributed by atoms with E-state index in [0.29, 0.717) is 5.56 Å². The monoisotopic (exact) mass is 214 g/mol. The molecule has 0 spiro atoms. The third-order valence-electron chi connectivity index (χ3n) is 2.31. The summed E-state index contributed by atoms with van der Waals surface area (Å²) in [5.41, 5.74) is 13.1. The van der Waals surface area contributed by atoms with Crippen LogP contribution in [0.1, 0.15) is 5.56 Å². The van der Waals surface area contributed by atoms with Crippen LogP contribution in [0.4, 0.5) is 0 Å². The maximum atomic E-state index is 11.7. The number of rotatable bonds is 2. The number of hydrogen-bond acceptors (Lipinski definition) is 4. The molecule has 1 aromatic carbocycles. The van der Waals surface area contributed by atoms with E-state index in [1.54, 1.807) is 6.07 Å². The first kappa shape index (κ1) is 10.1. The maximum Gasteiger partial charge on any atom is 0.258 e. The van der Waals surface area contributed by atoms with E-state index in [-0.39, 0.29) is 11.3 Å². The molecule has 0 aliphatic carbocycles. The molecule has 1 aromatic heterocycles. The van der Waals surface area contributed by atoms with Gasteiger partial charge in [-0.2, -0.15) is 5.11 Å². The zero-order valence-corrected chi connectivity index (χ0v) is 8.40. The van der Waals surface area contributed by atoms with Crippen LogP contribution in [0, 0.1) is 5.53 Å². The van der Waals surface area contributed by atoms with Gasteiger partial charge in [0.25, 0.3) is 5.56 Å². The van der Waals surface area contributed by atoms with E-state index in [9.17, 15) is 4.79 Å². The van der Waals surface area contributed by atoms with E-state index >= 15 is 0 Å². The second-order valence-corrected chi connectivity index (χ2v) is 3.26. The Bertz CT molecular complexity index is 627. The molecule has 0 saturated carbocycles. The number of benzene rings is 1. The molecule has 5 nitrogen and oxygen atoms in total. The fourth-order valence-corrected chi connectivity index (χ4v) is 1.52. The first-order chi connectivity index (χ1) is 7.76. The van der Waals surface area contributed by atoms with Crippen LogP contribution in [0.2, 0.25) is 0 Å². The zero-order valence-electron chi connectivity index (χ0n) is 8.40. The highest BCUT2D eigenvalue weighted by atomic mass is 16.1. The standard InChI is InChI=1S/C11H10N4O/c12-6-10(15-13)8-5-7-3-1-2-4-9(7)14-11(8)16/h1-6,13H,12H2,(H,14,16)/b10-6-,15-13?. The lowest BCUT2D eigenvalue weighted by Crippen LogP contribution is -2.11. The Hall–Kier alpha value is -2.43. The molecular weight excluding hydrogens is 204 g/mol. The molecule has 1 heterocycles. The first-order valence-corrected chi connectivity index (χ1v) is 4.68. The lowest BCUT2D eigenvalue weighted by molar-refractivity contribution is 1.14. The van der Waals surface area contributed by atoms with Gasteiger partial charge < -0.3 is 10.7 Å². The first-order valence-electron chi connectivity index (χ1n) is 4.68. The molecular formula is C11H10N4O. The van der Waals surface area contributed by atoms with Crippen LogP contribution in [-0.4, -0.2) is 4.98 Å². The van der Waals surface area contributed by atoms with Crippen molar-refractivity contribution in [2.45, 2.75) is 0 Å². The Balaban J connectivity index is 2.77. The number of nitrogens with zero attached hydrogens (tertiary/aromatic N) is 1.